The molecule has 1 aromatic heterocycles. The van der Waals surface area contributed by atoms with Crippen LogP contribution < -0.4 is 15.5 Å². The Morgan fingerprint density at radius 3 is 1.90 bits per heavy atom. The second-order valence-electron chi connectivity index (χ2n) is 16.7. The van der Waals surface area contributed by atoms with Gasteiger partial charge in [-0.1, -0.05) is 158 Å². The Hall–Kier alpha value is -7.40. The van der Waals surface area contributed by atoms with Gasteiger partial charge in [0.05, 0.1) is 6.54 Å². The maximum absolute atomic E-state index is 14.3. The van der Waals surface area contributed by atoms with Crippen LogP contribution in [-0.4, -0.2) is 56.3 Å². The molecular formula is C52H51N7O4. The molecule has 0 bridgehead atoms. The number of ether oxygens (including phenoxy) is 1. The summed E-state index contributed by atoms with van der Waals surface area (Å²) in [7, 11) is 0. The maximum Gasteiger partial charge on any atom is 0.407 e. The average molecular weight is 838 g/mol. The number of carbonyl (C=O) groups is 3. The first-order valence-electron chi connectivity index (χ1n) is 21.4. The molecule has 8 rings (SSSR count). The molecule has 1 atom stereocenters. The van der Waals surface area contributed by atoms with E-state index < -0.39 is 23.3 Å². The van der Waals surface area contributed by atoms with Crippen molar-refractivity contribution in [2.75, 3.05) is 11.4 Å². The number of benzene rings is 6. The summed E-state index contributed by atoms with van der Waals surface area (Å²) in [4.78, 5) is 41.2. The molecular weight excluding hydrogens is 787 g/mol. The van der Waals surface area contributed by atoms with Gasteiger partial charge in [0.1, 0.15) is 17.2 Å². The van der Waals surface area contributed by atoms with E-state index in [2.05, 4.69) is 76.5 Å². The zero-order valence-corrected chi connectivity index (χ0v) is 35.8. The van der Waals surface area contributed by atoms with Crippen LogP contribution in [0.5, 0.6) is 0 Å². The summed E-state index contributed by atoms with van der Waals surface area (Å²) >= 11 is 0. The molecule has 0 saturated heterocycles. The van der Waals surface area contributed by atoms with Crippen LogP contribution in [0.1, 0.15) is 67.9 Å². The molecule has 63 heavy (non-hydrogen) atoms. The average Bonchev–Trinajstić information content (AvgIpc) is 3.75. The molecule has 0 fully saturated rings. The summed E-state index contributed by atoms with van der Waals surface area (Å²) < 4.78 is 7.23. The lowest BCUT2D eigenvalue weighted by atomic mass is 9.77. The van der Waals surface area contributed by atoms with Crippen molar-refractivity contribution in [3.63, 3.8) is 0 Å². The van der Waals surface area contributed by atoms with E-state index in [0.717, 1.165) is 50.2 Å². The second-order valence-corrected chi connectivity index (χ2v) is 16.7. The van der Waals surface area contributed by atoms with Gasteiger partial charge in [-0.25, -0.2) is 9.48 Å². The van der Waals surface area contributed by atoms with Crippen molar-refractivity contribution < 1.29 is 19.1 Å². The maximum atomic E-state index is 14.3. The molecule has 0 saturated carbocycles. The summed E-state index contributed by atoms with van der Waals surface area (Å²) in [6.07, 6.45) is 1.16. The van der Waals surface area contributed by atoms with E-state index in [1.165, 1.54) is 0 Å². The molecule has 6 aromatic carbocycles. The molecule has 3 amide bonds. The van der Waals surface area contributed by atoms with Gasteiger partial charge in [-0.15, -0.1) is 5.10 Å². The van der Waals surface area contributed by atoms with E-state index in [0.29, 0.717) is 31.6 Å². The van der Waals surface area contributed by atoms with Crippen molar-refractivity contribution in [3.05, 3.63) is 192 Å². The third-order valence-corrected chi connectivity index (χ3v) is 11.3. The van der Waals surface area contributed by atoms with Gasteiger partial charge in [0.15, 0.2) is 5.82 Å². The first-order valence-corrected chi connectivity index (χ1v) is 21.4. The number of amides is 3. The number of nitrogens with one attached hydrogen (secondary N) is 2. The molecule has 318 valence electrons. The number of tetrazole rings is 1. The molecule has 0 spiro atoms. The molecule has 1 aliphatic rings. The van der Waals surface area contributed by atoms with Crippen LogP contribution in [0.25, 0.3) is 22.5 Å². The van der Waals surface area contributed by atoms with Crippen molar-refractivity contribution in [1.82, 2.24) is 30.8 Å². The zero-order valence-electron chi connectivity index (χ0n) is 35.8. The van der Waals surface area contributed by atoms with E-state index in [1.807, 2.05) is 108 Å². The molecule has 2 heterocycles. The number of rotatable bonds is 13. The lowest BCUT2D eigenvalue weighted by molar-refractivity contribution is -0.127. The van der Waals surface area contributed by atoms with E-state index in [4.69, 9.17) is 15.0 Å². The second kappa shape index (κ2) is 18.7. The first-order chi connectivity index (χ1) is 30.6. The Kier molecular flexibility index (Phi) is 12.6. The van der Waals surface area contributed by atoms with Gasteiger partial charge in [0.25, 0.3) is 0 Å². The van der Waals surface area contributed by atoms with E-state index >= 15 is 0 Å². The Morgan fingerprint density at radius 1 is 0.714 bits per heavy atom. The van der Waals surface area contributed by atoms with E-state index in [1.54, 1.807) is 25.7 Å². The lowest BCUT2D eigenvalue weighted by Gasteiger charge is -2.36. The minimum atomic E-state index is -0.911. The number of nitrogens with zero attached hydrogens (tertiary/aromatic N) is 5. The third kappa shape index (κ3) is 9.28. The predicted octanol–water partition coefficient (Wildman–Crippen LogP) is 9.12. The Labute approximate surface area is 368 Å². The summed E-state index contributed by atoms with van der Waals surface area (Å²) in [6, 6.07) is 54.6. The van der Waals surface area contributed by atoms with Crippen molar-refractivity contribution in [2.24, 2.45) is 0 Å². The molecule has 0 radical (unpaired) electrons. The van der Waals surface area contributed by atoms with E-state index in [9.17, 15) is 14.4 Å². The number of aromatic nitrogens is 4. The van der Waals surface area contributed by atoms with E-state index in [-0.39, 0.29) is 24.8 Å². The predicted molar refractivity (Wildman–Crippen MR) is 245 cm³/mol. The minimum Gasteiger partial charge on any atom is -0.444 e. The SMILES string of the molecule is CC(C)(C)OC(=O)NCCCC(=O)NC1CCc2ccccc2N(Cc2ccc(-c3ccccc3-c3nnnn3C(c3ccccc3)(c3ccccc3)c3ccccc3)cc2)C1=O. The number of alkyl carbamates (subject to hydrolysis) is 1. The fraction of sp³-hybridized carbons (Fsp3) is 0.231. The molecule has 11 nitrogen and oxygen atoms in total. The molecule has 1 aliphatic heterocycles. The van der Waals surface area contributed by atoms with Gasteiger partial charge in [0.2, 0.25) is 11.8 Å². The summed E-state index contributed by atoms with van der Waals surface area (Å²) in [5.74, 6) is 0.193. The van der Waals surface area contributed by atoms with Crippen molar-refractivity contribution >= 4 is 23.6 Å². The number of aryl methyl sites for hydroxylation is 1. The Balaban J connectivity index is 1.06. The standard InChI is InChI=1S/C52H51N7O4/c1-51(2,3)63-50(62)53-35-17-28-47(60)54-45-34-33-39-18-13-16-27-46(39)58(49(45)61)36-37-29-31-38(32-30-37)43-25-14-15-26-44(43)48-55-56-57-59(48)52(40-19-7-4-8-20-40,41-21-9-5-10-22-41)42-23-11-6-12-24-42/h4-16,18-27,29-32,45H,17,28,33-36H2,1-3H3,(H,53,62)(H,54,60). The van der Waals surface area contributed by atoms with Crippen molar-refractivity contribution in [3.8, 4) is 22.5 Å². The number of para-hydroxylation sites is 1. The van der Waals surface area contributed by atoms with Crippen LogP contribution in [0.4, 0.5) is 10.5 Å². The minimum absolute atomic E-state index is 0.160. The monoisotopic (exact) mass is 837 g/mol. The molecule has 0 aliphatic carbocycles. The number of hydrogen-bond donors (Lipinski definition) is 2. The fourth-order valence-corrected chi connectivity index (χ4v) is 8.42. The number of fused-ring (bicyclic) bond motifs is 1. The summed E-state index contributed by atoms with van der Waals surface area (Å²) in [5, 5.41) is 19.5. The highest BCUT2D eigenvalue weighted by Crippen LogP contribution is 2.43. The largest absolute Gasteiger partial charge is 0.444 e. The van der Waals surface area contributed by atoms with Crippen LogP contribution in [-0.2, 0) is 32.8 Å². The molecule has 2 N–H and O–H groups in total. The normalized spacial score (nSPS) is 14.0. The molecule has 1 unspecified atom stereocenters. The highest BCUT2D eigenvalue weighted by molar-refractivity contribution is 6.00. The third-order valence-electron chi connectivity index (χ3n) is 11.3. The highest BCUT2D eigenvalue weighted by atomic mass is 16.6. The fourth-order valence-electron chi connectivity index (χ4n) is 8.42. The van der Waals surface area contributed by atoms with Gasteiger partial charge in [-0.05, 0) is 95.5 Å². The van der Waals surface area contributed by atoms with Gasteiger partial charge in [-0.2, -0.15) is 0 Å². The lowest BCUT2D eigenvalue weighted by Crippen LogP contribution is -2.47. The summed E-state index contributed by atoms with van der Waals surface area (Å²) in [6.45, 7) is 5.99. The zero-order chi connectivity index (χ0) is 43.8. The smallest absolute Gasteiger partial charge is 0.407 e. The number of carbonyl (C=O) groups excluding carboxylic acids is 3. The van der Waals surface area contributed by atoms with Gasteiger partial charge in [0, 0.05) is 24.2 Å². The van der Waals surface area contributed by atoms with Crippen LogP contribution >= 0.6 is 0 Å². The summed E-state index contributed by atoms with van der Waals surface area (Å²) in [5.41, 5.74) is 7.09. The first kappa shape index (κ1) is 42.3. The molecule has 11 heteroatoms. The van der Waals surface area contributed by atoms with Crippen molar-refractivity contribution in [2.45, 2.75) is 70.2 Å². The van der Waals surface area contributed by atoms with Crippen LogP contribution in [0.3, 0.4) is 0 Å². The number of hydrogen-bond acceptors (Lipinski definition) is 7. The topological polar surface area (TPSA) is 131 Å². The van der Waals surface area contributed by atoms with Gasteiger partial charge in [-0.3, -0.25) is 9.59 Å². The Morgan fingerprint density at radius 2 is 1.29 bits per heavy atom. The Bertz CT molecular complexity index is 2560. The quantitative estimate of drug-likeness (QED) is 0.0875. The van der Waals surface area contributed by atoms with Gasteiger partial charge >= 0.3 is 6.09 Å². The van der Waals surface area contributed by atoms with Crippen LogP contribution in [0.15, 0.2) is 164 Å². The highest BCUT2D eigenvalue weighted by Gasteiger charge is 2.42. The van der Waals surface area contributed by atoms with Gasteiger partial charge < -0.3 is 20.3 Å². The van der Waals surface area contributed by atoms with Crippen LogP contribution in [0.2, 0.25) is 0 Å². The van der Waals surface area contributed by atoms with Crippen molar-refractivity contribution in [1.29, 1.82) is 0 Å². The number of anilines is 1. The van der Waals surface area contributed by atoms with Crippen LogP contribution in [0, 0.1) is 0 Å². The molecule has 7 aromatic rings.